The number of benzene rings is 2. The van der Waals surface area contributed by atoms with Crippen molar-refractivity contribution in [2.45, 2.75) is 42.2 Å². The first kappa shape index (κ1) is 20.5. The van der Waals surface area contributed by atoms with Crippen LogP contribution in [0, 0.1) is 11.3 Å². The molecule has 2 aromatic carbocycles. The van der Waals surface area contributed by atoms with E-state index in [2.05, 4.69) is 6.07 Å². The lowest BCUT2D eigenvalue weighted by atomic mass is 10.0. The van der Waals surface area contributed by atoms with Gasteiger partial charge in [-0.2, -0.15) is 5.26 Å². The fraction of sp³-hybridized carbons (Fsp3) is 0.333. The number of carboxylic acid groups (broad SMARTS) is 1. The van der Waals surface area contributed by atoms with Gasteiger partial charge in [-0.1, -0.05) is 41.9 Å². The van der Waals surface area contributed by atoms with Gasteiger partial charge in [0.05, 0.1) is 29.3 Å². The monoisotopic (exact) mass is 416 g/mol. The Morgan fingerprint density at radius 1 is 1.39 bits per heavy atom. The zero-order valence-corrected chi connectivity index (χ0v) is 17.2. The van der Waals surface area contributed by atoms with Crippen LogP contribution in [0.25, 0.3) is 0 Å². The number of thioether (sulfide) groups is 1. The van der Waals surface area contributed by atoms with Gasteiger partial charge in [0.2, 0.25) is 0 Å². The van der Waals surface area contributed by atoms with Gasteiger partial charge in [-0.25, -0.2) is 4.79 Å². The van der Waals surface area contributed by atoms with Crippen molar-refractivity contribution >= 4 is 29.5 Å². The highest BCUT2D eigenvalue weighted by molar-refractivity contribution is 7.99. The molecule has 1 amide bonds. The molecule has 2 aromatic rings. The third kappa shape index (κ3) is 4.44. The number of hydrogen-bond acceptors (Lipinski definition) is 4. The van der Waals surface area contributed by atoms with Gasteiger partial charge in [-0.05, 0) is 44.0 Å². The van der Waals surface area contributed by atoms with E-state index >= 15 is 0 Å². The Kier molecular flexibility index (Phi) is 6.19. The third-order valence-corrected chi connectivity index (χ3v) is 6.55. The minimum Gasteiger partial charge on any atom is -0.465 e. The standard InChI is InChI=1S/C21H21ClN2O3S/c1-21(2)24(20(25)26)16(13-27-21)11-19(15-6-4-3-5-7-15)28-18-9-8-14(12-23)10-17(18)22/h3-10,16,19H,11,13H2,1-2H3,(H,25,26)/t16-,19+/m0/s1. The number of rotatable bonds is 5. The Labute approximate surface area is 173 Å². The van der Waals surface area contributed by atoms with Crippen molar-refractivity contribution in [1.29, 1.82) is 5.26 Å². The summed E-state index contributed by atoms with van der Waals surface area (Å²) in [6, 6.07) is 17.0. The molecule has 2 atom stereocenters. The van der Waals surface area contributed by atoms with Gasteiger partial charge >= 0.3 is 6.09 Å². The molecule has 3 rings (SSSR count). The summed E-state index contributed by atoms with van der Waals surface area (Å²) in [6.45, 7) is 3.89. The lowest BCUT2D eigenvalue weighted by Crippen LogP contribution is -2.47. The van der Waals surface area contributed by atoms with Crippen molar-refractivity contribution in [3.8, 4) is 6.07 Å². The van der Waals surface area contributed by atoms with Gasteiger partial charge in [0, 0.05) is 10.1 Å². The molecule has 1 aliphatic heterocycles. The van der Waals surface area contributed by atoms with Crippen LogP contribution in [0.2, 0.25) is 5.02 Å². The summed E-state index contributed by atoms with van der Waals surface area (Å²) in [5, 5.41) is 19.2. The summed E-state index contributed by atoms with van der Waals surface area (Å²) in [7, 11) is 0. The van der Waals surface area contributed by atoms with E-state index in [0.717, 1.165) is 10.5 Å². The summed E-state index contributed by atoms with van der Waals surface area (Å²) in [5.41, 5.74) is 0.741. The highest BCUT2D eigenvalue weighted by Crippen LogP contribution is 2.44. The van der Waals surface area contributed by atoms with Crippen LogP contribution >= 0.6 is 23.4 Å². The average Bonchev–Trinajstić information content (AvgIpc) is 2.97. The zero-order chi connectivity index (χ0) is 20.3. The molecule has 146 valence electrons. The second-order valence-electron chi connectivity index (χ2n) is 7.07. The smallest absolute Gasteiger partial charge is 0.409 e. The fourth-order valence-corrected chi connectivity index (χ4v) is 4.98. The maximum atomic E-state index is 11.8. The third-order valence-electron chi connectivity index (χ3n) is 4.77. The molecule has 0 aliphatic carbocycles. The van der Waals surface area contributed by atoms with Crippen molar-refractivity contribution in [1.82, 2.24) is 4.90 Å². The predicted molar refractivity (Wildman–Crippen MR) is 110 cm³/mol. The molecule has 28 heavy (non-hydrogen) atoms. The molecule has 0 spiro atoms. The minimum absolute atomic E-state index is 0.0176. The first-order valence-electron chi connectivity index (χ1n) is 8.89. The van der Waals surface area contributed by atoms with Crippen LogP contribution in [-0.2, 0) is 4.74 Å². The lowest BCUT2D eigenvalue weighted by Gasteiger charge is -2.32. The molecular weight excluding hydrogens is 396 g/mol. The maximum Gasteiger partial charge on any atom is 0.409 e. The second kappa shape index (κ2) is 8.44. The number of ether oxygens (including phenoxy) is 1. The molecular formula is C21H21ClN2O3S. The number of hydrogen-bond donors (Lipinski definition) is 1. The van der Waals surface area contributed by atoms with E-state index in [1.165, 1.54) is 4.90 Å². The van der Waals surface area contributed by atoms with E-state index < -0.39 is 11.8 Å². The Hall–Kier alpha value is -2.20. The molecule has 1 saturated heterocycles. The summed E-state index contributed by atoms with van der Waals surface area (Å²) in [6.07, 6.45) is -0.401. The van der Waals surface area contributed by atoms with Crippen LogP contribution in [0.1, 0.15) is 36.6 Å². The fourth-order valence-electron chi connectivity index (χ4n) is 3.43. The topological polar surface area (TPSA) is 73.6 Å². The molecule has 0 unspecified atom stereocenters. The van der Waals surface area contributed by atoms with Crippen LogP contribution in [0.4, 0.5) is 4.79 Å². The van der Waals surface area contributed by atoms with Crippen LogP contribution in [0.3, 0.4) is 0 Å². The van der Waals surface area contributed by atoms with Gasteiger partial charge in [0.1, 0.15) is 5.72 Å². The van der Waals surface area contributed by atoms with Crippen LogP contribution in [0.5, 0.6) is 0 Å². The molecule has 1 aliphatic rings. The Balaban J connectivity index is 1.89. The van der Waals surface area contributed by atoms with E-state index in [9.17, 15) is 9.90 Å². The molecule has 1 fully saturated rings. The van der Waals surface area contributed by atoms with Crippen LogP contribution < -0.4 is 0 Å². The van der Waals surface area contributed by atoms with E-state index in [4.69, 9.17) is 21.6 Å². The molecule has 0 bridgehead atoms. The zero-order valence-electron chi connectivity index (χ0n) is 15.6. The highest BCUT2D eigenvalue weighted by Gasteiger charge is 2.44. The number of carbonyl (C=O) groups is 1. The van der Waals surface area contributed by atoms with E-state index in [1.54, 1.807) is 37.7 Å². The second-order valence-corrected chi connectivity index (χ2v) is 8.73. The van der Waals surface area contributed by atoms with E-state index in [1.807, 2.05) is 36.4 Å². The molecule has 0 aromatic heterocycles. The van der Waals surface area contributed by atoms with Crippen LogP contribution in [0.15, 0.2) is 53.4 Å². The summed E-state index contributed by atoms with van der Waals surface area (Å²) in [4.78, 5) is 14.1. The van der Waals surface area contributed by atoms with E-state index in [-0.39, 0.29) is 11.3 Å². The number of halogens is 1. The number of amides is 1. The number of nitriles is 1. The molecule has 0 saturated carbocycles. The summed E-state index contributed by atoms with van der Waals surface area (Å²) < 4.78 is 5.74. The van der Waals surface area contributed by atoms with E-state index in [0.29, 0.717) is 23.6 Å². The Morgan fingerprint density at radius 2 is 2.11 bits per heavy atom. The maximum absolute atomic E-state index is 11.8. The molecule has 1 heterocycles. The number of nitrogens with zero attached hydrogens (tertiary/aromatic N) is 2. The van der Waals surface area contributed by atoms with Crippen molar-refractivity contribution in [3.05, 3.63) is 64.7 Å². The van der Waals surface area contributed by atoms with Crippen molar-refractivity contribution < 1.29 is 14.6 Å². The summed E-state index contributed by atoms with van der Waals surface area (Å²) >= 11 is 7.95. The van der Waals surface area contributed by atoms with Gasteiger partial charge in [0.15, 0.2) is 0 Å². The molecule has 7 heteroatoms. The largest absolute Gasteiger partial charge is 0.465 e. The lowest BCUT2D eigenvalue weighted by molar-refractivity contribution is -0.0421. The highest BCUT2D eigenvalue weighted by atomic mass is 35.5. The SMILES string of the molecule is CC1(C)OC[C@H](C[C@@H](Sc2ccc(C#N)cc2Cl)c2ccccc2)N1C(=O)O. The molecule has 1 N–H and O–H groups in total. The van der Waals surface area contributed by atoms with Gasteiger partial charge < -0.3 is 9.84 Å². The Bertz CT molecular complexity index is 898. The predicted octanol–water partition coefficient (Wildman–Crippen LogP) is 5.55. The normalized spacial score (nSPS) is 19.2. The van der Waals surface area contributed by atoms with Crippen molar-refractivity contribution in [2.24, 2.45) is 0 Å². The first-order chi connectivity index (χ1) is 13.3. The minimum atomic E-state index is -0.985. The van der Waals surface area contributed by atoms with Crippen molar-refractivity contribution in [2.75, 3.05) is 6.61 Å². The van der Waals surface area contributed by atoms with Gasteiger partial charge in [-0.15, -0.1) is 11.8 Å². The quantitative estimate of drug-likeness (QED) is 0.647. The average molecular weight is 417 g/mol. The van der Waals surface area contributed by atoms with Crippen LogP contribution in [-0.4, -0.2) is 34.5 Å². The van der Waals surface area contributed by atoms with Gasteiger partial charge in [0.25, 0.3) is 0 Å². The molecule has 0 radical (unpaired) electrons. The summed E-state index contributed by atoms with van der Waals surface area (Å²) in [5.74, 6) is 0. The van der Waals surface area contributed by atoms with Crippen molar-refractivity contribution in [3.63, 3.8) is 0 Å². The van der Waals surface area contributed by atoms with Gasteiger partial charge in [-0.3, -0.25) is 4.90 Å². The first-order valence-corrected chi connectivity index (χ1v) is 10.1. The molecule has 5 nitrogen and oxygen atoms in total. The Morgan fingerprint density at radius 3 is 2.71 bits per heavy atom.